The Morgan fingerprint density at radius 3 is 2.29 bits per heavy atom. The van der Waals surface area contributed by atoms with Gasteiger partial charge in [0.05, 0.1) is 13.2 Å². The molecular weight excluding hydrogens is 302 g/mol. The molecule has 5 nitrogen and oxygen atoms in total. The van der Waals surface area contributed by atoms with Gasteiger partial charge in [-0.1, -0.05) is 12.8 Å². The maximum atomic E-state index is 13.1. The molecule has 0 aromatic rings. The SMILES string of the molecule is O=C(CC1(N2CCOCC2)CCCC1)N1CCC2(CCNC2)CC1. The minimum atomic E-state index is 0.130. The number of ether oxygens (including phenoxy) is 1. The molecule has 0 bridgehead atoms. The zero-order valence-electron chi connectivity index (χ0n) is 15.0. The van der Waals surface area contributed by atoms with Gasteiger partial charge in [0.25, 0.3) is 0 Å². The number of rotatable bonds is 3. The lowest BCUT2D eigenvalue weighted by molar-refractivity contribution is -0.137. The Labute approximate surface area is 146 Å². The van der Waals surface area contributed by atoms with Gasteiger partial charge in [-0.2, -0.15) is 0 Å². The van der Waals surface area contributed by atoms with E-state index in [1.54, 1.807) is 0 Å². The Bertz CT molecular complexity index is 440. The zero-order chi connectivity index (χ0) is 16.5. The molecule has 3 saturated heterocycles. The Morgan fingerprint density at radius 2 is 1.67 bits per heavy atom. The van der Waals surface area contributed by atoms with E-state index in [2.05, 4.69) is 15.1 Å². The number of piperidine rings is 1. The number of hydrogen-bond donors (Lipinski definition) is 1. The summed E-state index contributed by atoms with van der Waals surface area (Å²) in [7, 11) is 0. The number of nitrogens with one attached hydrogen (secondary N) is 1. The van der Waals surface area contributed by atoms with Gasteiger partial charge in [0, 0.05) is 44.7 Å². The molecule has 1 amide bonds. The van der Waals surface area contributed by atoms with Crippen molar-refractivity contribution < 1.29 is 9.53 Å². The summed E-state index contributed by atoms with van der Waals surface area (Å²) in [4.78, 5) is 17.8. The van der Waals surface area contributed by atoms with Crippen LogP contribution in [-0.4, -0.2) is 73.7 Å². The van der Waals surface area contributed by atoms with Crippen molar-refractivity contribution in [2.45, 2.75) is 56.9 Å². The second-order valence-corrected chi connectivity index (χ2v) is 8.52. The van der Waals surface area contributed by atoms with Crippen LogP contribution in [0.3, 0.4) is 0 Å². The molecule has 3 heterocycles. The van der Waals surface area contributed by atoms with Gasteiger partial charge in [-0.3, -0.25) is 9.69 Å². The van der Waals surface area contributed by atoms with E-state index in [4.69, 9.17) is 4.74 Å². The first-order chi connectivity index (χ1) is 11.7. The summed E-state index contributed by atoms with van der Waals surface area (Å²) in [6.07, 6.45) is 9.36. The van der Waals surface area contributed by atoms with Crippen molar-refractivity contribution >= 4 is 5.91 Å². The number of hydrogen-bond acceptors (Lipinski definition) is 4. The zero-order valence-corrected chi connectivity index (χ0v) is 15.0. The fourth-order valence-electron chi connectivity index (χ4n) is 5.52. The minimum absolute atomic E-state index is 0.130. The first-order valence-electron chi connectivity index (χ1n) is 10.0. The van der Waals surface area contributed by atoms with Gasteiger partial charge in [-0.15, -0.1) is 0 Å². The van der Waals surface area contributed by atoms with Crippen LogP contribution in [0.25, 0.3) is 0 Å². The second kappa shape index (κ2) is 6.93. The normalized spacial score (nSPS) is 30.1. The van der Waals surface area contributed by atoms with E-state index in [1.807, 2.05) is 0 Å². The first-order valence-corrected chi connectivity index (χ1v) is 10.0. The molecule has 4 aliphatic rings. The van der Waals surface area contributed by atoms with Gasteiger partial charge in [0.1, 0.15) is 0 Å². The van der Waals surface area contributed by atoms with Crippen LogP contribution in [0, 0.1) is 5.41 Å². The quantitative estimate of drug-likeness (QED) is 0.851. The van der Waals surface area contributed by atoms with Crippen LogP contribution < -0.4 is 5.32 Å². The van der Waals surface area contributed by atoms with E-state index in [0.717, 1.165) is 58.9 Å². The number of likely N-dealkylation sites (tertiary alicyclic amines) is 1. The Hall–Kier alpha value is -0.650. The van der Waals surface area contributed by atoms with Crippen LogP contribution in [0.5, 0.6) is 0 Å². The predicted octanol–water partition coefficient (Wildman–Crippen LogP) is 1.62. The summed E-state index contributed by atoms with van der Waals surface area (Å²) in [5.74, 6) is 0.407. The van der Waals surface area contributed by atoms with E-state index in [9.17, 15) is 4.79 Å². The lowest BCUT2D eigenvalue weighted by atomic mass is 9.77. The molecule has 4 rings (SSSR count). The van der Waals surface area contributed by atoms with Gasteiger partial charge in [0.2, 0.25) is 5.91 Å². The van der Waals surface area contributed by atoms with Crippen LogP contribution in [0.2, 0.25) is 0 Å². The van der Waals surface area contributed by atoms with Crippen LogP contribution >= 0.6 is 0 Å². The van der Waals surface area contributed by atoms with Crippen LogP contribution in [0.4, 0.5) is 0 Å². The summed E-state index contributed by atoms with van der Waals surface area (Å²) < 4.78 is 5.54. The summed E-state index contributed by atoms with van der Waals surface area (Å²) in [6.45, 7) is 7.93. The lowest BCUT2D eigenvalue weighted by Crippen LogP contribution is -2.55. The molecule has 0 aromatic heterocycles. The molecular formula is C19H33N3O2. The van der Waals surface area contributed by atoms with Crippen molar-refractivity contribution in [3.8, 4) is 0 Å². The third kappa shape index (κ3) is 3.23. The van der Waals surface area contributed by atoms with Crippen molar-refractivity contribution in [3.05, 3.63) is 0 Å². The summed E-state index contributed by atoms with van der Waals surface area (Å²) >= 11 is 0. The molecule has 4 fully saturated rings. The Morgan fingerprint density at radius 1 is 0.958 bits per heavy atom. The molecule has 0 aromatic carbocycles. The number of morpholine rings is 1. The maximum Gasteiger partial charge on any atom is 0.224 e. The van der Waals surface area contributed by atoms with Crippen molar-refractivity contribution in [1.82, 2.24) is 15.1 Å². The minimum Gasteiger partial charge on any atom is -0.379 e. The van der Waals surface area contributed by atoms with E-state index < -0.39 is 0 Å². The highest BCUT2D eigenvalue weighted by atomic mass is 16.5. The fourth-order valence-corrected chi connectivity index (χ4v) is 5.52. The third-order valence-electron chi connectivity index (χ3n) is 7.21. The summed E-state index contributed by atoms with van der Waals surface area (Å²) in [5.41, 5.74) is 0.622. The Kier molecular flexibility index (Phi) is 4.85. The summed E-state index contributed by atoms with van der Waals surface area (Å²) in [6, 6.07) is 0. The van der Waals surface area contributed by atoms with E-state index in [-0.39, 0.29) is 5.54 Å². The second-order valence-electron chi connectivity index (χ2n) is 8.52. The fraction of sp³-hybridized carbons (Fsp3) is 0.947. The molecule has 0 atom stereocenters. The van der Waals surface area contributed by atoms with Crippen LogP contribution in [0.15, 0.2) is 0 Å². The van der Waals surface area contributed by atoms with Crippen molar-refractivity contribution in [1.29, 1.82) is 0 Å². The first kappa shape index (κ1) is 16.8. The average molecular weight is 335 g/mol. The Balaban J connectivity index is 1.37. The van der Waals surface area contributed by atoms with Crippen LogP contribution in [0.1, 0.15) is 51.4 Å². The number of nitrogens with zero attached hydrogens (tertiary/aromatic N) is 2. The lowest BCUT2D eigenvalue weighted by Gasteiger charge is -2.45. The highest BCUT2D eigenvalue weighted by Gasteiger charge is 2.44. The molecule has 0 unspecified atom stereocenters. The van der Waals surface area contributed by atoms with Crippen LogP contribution in [-0.2, 0) is 9.53 Å². The van der Waals surface area contributed by atoms with Gasteiger partial charge in [0.15, 0.2) is 0 Å². The average Bonchev–Trinajstić information content (AvgIpc) is 3.27. The maximum absolute atomic E-state index is 13.1. The smallest absolute Gasteiger partial charge is 0.224 e. The largest absolute Gasteiger partial charge is 0.379 e. The van der Waals surface area contributed by atoms with E-state index >= 15 is 0 Å². The molecule has 1 saturated carbocycles. The third-order valence-corrected chi connectivity index (χ3v) is 7.21. The van der Waals surface area contributed by atoms with Gasteiger partial charge < -0.3 is 15.0 Å². The standard InChI is InChI=1S/C19H33N3O2/c23-17(21-9-6-18(7-10-21)5-8-20-16-18)15-19(3-1-2-4-19)22-11-13-24-14-12-22/h20H,1-16H2. The van der Waals surface area contributed by atoms with Crippen molar-refractivity contribution in [2.75, 3.05) is 52.5 Å². The van der Waals surface area contributed by atoms with Gasteiger partial charge in [-0.05, 0) is 44.1 Å². The molecule has 1 N–H and O–H groups in total. The molecule has 1 spiro atoms. The topological polar surface area (TPSA) is 44.8 Å². The van der Waals surface area contributed by atoms with E-state index in [1.165, 1.54) is 44.9 Å². The highest BCUT2D eigenvalue weighted by Crippen LogP contribution is 2.41. The predicted molar refractivity (Wildman–Crippen MR) is 93.9 cm³/mol. The number of carbonyl (C=O) groups is 1. The molecule has 24 heavy (non-hydrogen) atoms. The van der Waals surface area contributed by atoms with E-state index in [0.29, 0.717) is 11.3 Å². The number of amides is 1. The monoisotopic (exact) mass is 335 g/mol. The molecule has 3 aliphatic heterocycles. The molecule has 0 radical (unpaired) electrons. The van der Waals surface area contributed by atoms with Gasteiger partial charge in [-0.25, -0.2) is 0 Å². The molecule has 136 valence electrons. The van der Waals surface area contributed by atoms with Gasteiger partial charge >= 0.3 is 0 Å². The highest BCUT2D eigenvalue weighted by molar-refractivity contribution is 5.77. The van der Waals surface area contributed by atoms with Crippen molar-refractivity contribution in [3.63, 3.8) is 0 Å². The number of carbonyl (C=O) groups excluding carboxylic acids is 1. The molecule has 5 heteroatoms. The van der Waals surface area contributed by atoms with Crippen molar-refractivity contribution in [2.24, 2.45) is 5.41 Å². The molecule has 1 aliphatic carbocycles. The summed E-state index contributed by atoms with van der Waals surface area (Å²) in [5, 5.41) is 3.51.